The smallest absolute Gasteiger partial charge is 0.317 e. The predicted molar refractivity (Wildman–Crippen MR) is 120 cm³/mol. The fourth-order valence-electron chi connectivity index (χ4n) is 3.06. The summed E-state index contributed by atoms with van der Waals surface area (Å²) >= 11 is 1.14. The van der Waals surface area contributed by atoms with Gasteiger partial charge in [-0.05, 0) is 42.2 Å². The lowest BCUT2D eigenvalue weighted by atomic mass is 10.1. The topological polar surface area (TPSA) is 139 Å². The average molecular weight is 446 g/mol. The van der Waals surface area contributed by atoms with Crippen LogP contribution in [0, 0.1) is 0 Å². The van der Waals surface area contributed by atoms with Crippen molar-refractivity contribution in [2.24, 2.45) is 5.73 Å². The summed E-state index contributed by atoms with van der Waals surface area (Å²) in [4.78, 5) is 47.0. The summed E-state index contributed by atoms with van der Waals surface area (Å²) in [5.74, 6) is -2.34. The van der Waals surface area contributed by atoms with Crippen molar-refractivity contribution in [3.8, 4) is 0 Å². The SMILES string of the molecule is CC(=O)N[C@@H](CCCCNC(=O)C[C@H](Sc1ccc2ccccc2c1)C(=O)O)C(N)=O. The Hall–Kier alpha value is -3.07. The van der Waals surface area contributed by atoms with E-state index in [-0.39, 0.29) is 18.2 Å². The molecule has 0 saturated carbocycles. The van der Waals surface area contributed by atoms with Gasteiger partial charge in [0.25, 0.3) is 0 Å². The molecular weight excluding hydrogens is 418 g/mol. The van der Waals surface area contributed by atoms with Crippen molar-refractivity contribution in [1.29, 1.82) is 0 Å². The van der Waals surface area contributed by atoms with Crippen LogP contribution in [0.5, 0.6) is 0 Å². The zero-order valence-electron chi connectivity index (χ0n) is 17.3. The monoisotopic (exact) mass is 445 g/mol. The van der Waals surface area contributed by atoms with Crippen molar-refractivity contribution in [1.82, 2.24) is 10.6 Å². The number of rotatable bonds is 12. The Kier molecular flexibility index (Phi) is 9.33. The number of benzene rings is 2. The second kappa shape index (κ2) is 11.9. The fraction of sp³-hybridized carbons (Fsp3) is 0.364. The van der Waals surface area contributed by atoms with Gasteiger partial charge in [-0.3, -0.25) is 19.2 Å². The first-order valence-electron chi connectivity index (χ1n) is 9.97. The molecule has 2 aromatic rings. The van der Waals surface area contributed by atoms with E-state index in [1.807, 2.05) is 42.5 Å². The molecule has 0 aliphatic carbocycles. The number of nitrogens with two attached hydrogens (primary N) is 1. The standard InChI is InChI=1S/C22H27N3O5S/c1-14(26)25-18(21(23)28)8-4-5-11-24-20(27)13-19(22(29)30)31-17-10-9-15-6-2-3-7-16(15)12-17/h2-3,6-7,9-10,12,18-19H,4-5,8,11,13H2,1H3,(H2,23,28)(H,24,27)(H,25,26)(H,29,30)/t18-,19-/m0/s1. The van der Waals surface area contributed by atoms with E-state index in [0.717, 1.165) is 27.4 Å². The van der Waals surface area contributed by atoms with Crippen molar-refractivity contribution >= 4 is 46.2 Å². The molecule has 0 bridgehead atoms. The number of carboxylic acids is 1. The number of nitrogens with one attached hydrogen (secondary N) is 2. The Morgan fingerprint density at radius 2 is 1.77 bits per heavy atom. The Bertz CT molecular complexity index is 950. The summed E-state index contributed by atoms with van der Waals surface area (Å²) in [6.07, 6.45) is 1.37. The van der Waals surface area contributed by atoms with Crippen LogP contribution in [-0.2, 0) is 19.2 Å². The molecular formula is C22H27N3O5S. The van der Waals surface area contributed by atoms with Gasteiger partial charge >= 0.3 is 5.97 Å². The van der Waals surface area contributed by atoms with E-state index in [0.29, 0.717) is 25.8 Å². The van der Waals surface area contributed by atoms with Crippen LogP contribution in [-0.4, -0.2) is 46.6 Å². The van der Waals surface area contributed by atoms with Crippen LogP contribution in [0.3, 0.4) is 0 Å². The van der Waals surface area contributed by atoms with Gasteiger partial charge in [-0.25, -0.2) is 0 Å². The normalized spacial score (nSPS) is 12.7. The molecule has 166 valence electrons. The van der Waals surface area contributed by atoms with Crippen molar-refractivity contribution in [3.63, 3.8) is 0 Å². The van der Waals surface area contributed by atoms with Gasteiger partial charge in [0, 0.05) is 24.8 Å². The second-order valence-electron chi connectivity index (χ2n) is 7.16. The van der Waals surface area contributed by atoms with Crippen LogP contribution in [0.4, 0.5) is 0 Å². The van der Waals surface area contributed by atoms with E-state index in [2.05, 4.69) is 10.6 Å². The highest BCUT2D eigenvalue weighted by atomic mass is 32.2. The summed E-state index contributed by atoms with van der Waals surface area (Å²) in [6.45, 7) is 1.66. The van der Waals surface area contributed by atoms with E-state index in [4.69, 9.17) is 5.73 Å². The highest BCUT2D eigenvalue weighted by Crippen LogP contribution is 2.28. The molecule has 2 rings (SSSR count). The Labute approximate surface area is 184 Å². The predicted octanol–water partition coefficient (Wildman–Crippen LogP) is 2.05. The number of thioether (sulfide) groups is 1. The number of amides is 3. The molecule has 5 N–H and O–H groups in total. The van der Waals surface area contributed by atoms with E-state index in [1.165, 1.54) is 6.92 Å². The quantitative estimate of drug-likeness (QED) is 0.291. The molecule has 0 aliphatic rings. The van der Waals surface area contributed by atoms with Gasteiger partial charge in [0.2, 0.25) is 17.7 Å². The number of carbonyl (C=O) groups excluding carboxylic acids is 3. The van der Waals surface area contributed by atoms with Crippen molar-refractivity contribution in [3.05, 3.63) is 42.5 Å². The minimum Gasteiger partial charge on any atom is -0.480 e. The molecule has 2 atom stereocenters. The van der Waals surface area contributed by atoms with Crippen LogP contribution in [0.25, 0.3) is 10.8 Å². The Morgan fingerprint density at radius 1 is 1.06 bits per heavy atom. The van der Waals surface area contributed by atoms with Gasteiger partial charge in [0.1, 0.15) is 11.3 Å². The zero-order valence-corrected chi connectivity index (χ0v) is 18.1. The highest BCUT2D eigenvalue weighted by Gasteiger charge is 2.22. The Balaban J connectivity index is 1.79. The van der Waals surface area contributed by atoms with Gasteiger partial charge in [-0.15, -0.1) is 11.8 Å². The van der Waals surface area contributed by atoms with E-state index in [1.54, 1.807) is 0 Å². The van der Waals surface area contributed by atoms with Gasteiger partial charge < -0.3 is 21.5 Å². The highest BCUT2D eigenvalue weighted by molar-refractivity contribution is 8.00. The van der Waals surface area contributed by atoms with E-state index >= 15 is 0 Å². The fourth-order valence-corrected chi connectivity index (χ4v) is 4.06. The molecule has 0 fully saturated rings. The van der Waals surface area contributed by atoms with Crippen molar-refractivity contribution in [2.45, 2.75) is 48.8 Å². The average Bonchev–Trinajstić information content (AvgIpc) is 2.71. The van der Waals surface area contributed by atoms with Crippen molar-refractivity contribution in [2.75, 3.05) is 6.54 Å². The molecule has 0 saturated heterocycles. The number of aliphatic carboxylic acids is 1. The number of carbonyl (C=O) groups is 4. The van der Waals surface area contributed by atoms with Gasteiger partial charge in [0.15, 0.2) is 0 Å². The first-order valence-corrected chi connectivity index (χ1v) is 10.9. The number of carboxylic acid groups (broad SMARTS) is 1. The lowest BCUT2D eigenvalue weighted by Gasteiger charge is -2.14. The van der Waals surface area contributed by atoms with Crippen LogP contribution in [0.2, 0.25) is 0 Å². The molecule has 2 aromatic carbocycles. The molecule has 0 aromatic heterocycles. The third kappa shape index (κ3) is 8.29. The van der Waals surface area contributed by atoms with Gasteiger partial charge in [-0.1, -0.05) is 30.3 Å². The van der Waals surface area contributed by atoms with Gasteiger partial charge in [0.05, 0.1) is 0 Å². The van der Waals surface area contributed by atoms with E-state index < -0.39 is 23.2 Å². The van der Waals surface area contributed by atoms with E-state index in [9.17, 15) is 24.3 Å². The molecule has 0 radical (unpaired) electrons. The third-order valence-electron chi connectivity index (χ3n) is 4.61. The lowest BCUT2D eigenvalue weighted by molar-refractivity contribution is -0.138. The molecule has 0 heterocycles. The minimum absolute atomic E-state index is 0.150. The second-order valence-corrected chi connectivity index (χ2v) is 8.44. The Morgan fingerprint density at radius 3 is 2.42 bits per heavy atom. The lowest BCUT2D eigenvalue weighted by Crippen LogP contribution is -2.43. The van der Waals surface area contributed by atoms with Crippen LogP contribution in [0.1, 0.15) is 32.6 Å². The minimum atomic E-state index is -1.05. The molecule has 9 heteroatoms. The summed E-state index contributed by atoms with van der Waals surface area (Å²) in [7, 11) is 0. The maximum atomic E-state index is 12.2. The summed E-state index contributed by atoms with van der Waals surface area (Å²) in [5, 5.41) is 15.9. The molecule has 3 amide bonds. The maximum Gasteiger partial charge on any atom is 0.317 e. The first kappa shape index (κ1) is 24.2. The summed E-state index contributed by atoms with van der Waals surface area (Å²) < 4.78 is 0. The number of hydrogen-bond acceptors (Lipinski definition) is 5. The maximum absolute atomic E-state index is 12.2. The first-order chi connectivity index (χ1) is 14.8. The zero-order chi connectivity index (χ0) is 22.8. The molecule has 0 unspecified atom stereocenters. The van der Waals surface area contributed by atoms with Gasteiger partial charge in [-0.2, -0.15) is 0 Å². The number of hydrogen-bond donors (Lipinski definition) is 4. The molecule has 8 nitrogen and oxygen atoms in total. The summed E-state index contributed by atoms with van der Waals surface area (Å²) in [6, 6.07) is 12.8. The third-order valence-corrected chi connectivity index (χ3v) is 5.79. The summed E-state index contributed by atoms with van der Waals surface area (Å²) in [5.41, 5.74) is 5.24. The number of fused-ring (bicyclic) bond motifs is 1. The largest absolute Gasteiger partial charge is 0.480 e. The number of primary amides is 1. The molecule has 0 aliphatic heterocycles. The van der Waals surface area contributed by atoms with Crippen molar-refractivity contribution < 1.29 is 24.3 Å². The van der Waals surface area contributed by atoms with Crippen LogP contribution >= 0.6 is 11.8 Å². The molecule has 31 heavy (non-hydrogen) atoms. The molecule has 0 spiro atoms. The van der Waals surface area contributed by atoms with Crippen LogP contribution in [0.15, 0.2) is 47.4 Å². The number of unbranched alkanes of at least 4 members (excludes halogenated alkanes) is 1. The van der Waals surface area contributed by atoms with Crippen LogP contribution < -0.4 is 16.4 Å².